The number of rotatable bonds is 5. The monoisotopic (exact) mass is 322 g/mol. The highest BCUT2D eigenvalue weighted by atomic mass is 32.2. The zero-order chi connectivity index (χ0) is 15.4. The van der Waals surface area contributed by atoms with Gasteiger partial charge in [-0.1, -0.05) is 24.4 Å². The number of carbonyl (C=O) groups is 2. The summed E-state index contributed by atoms with van der Waals surface area (Å²) < 4.78 is 5.09. The molecule has 0 aromatic heterocycles. The van der Waals surface area contributed by atoms with Crippen LogP contribution in [-0.4, -0.2) is 34.7 Å². The standard InChI is InChI=1S/C14H14N2O3S2/c1-19-10-4-2-9(3-5-10)8-11-13(20)16(14(18)21-11)7-6-12(15)17/h2-5,8H,6-7H2,1H3,(H2,15,17)/b11-8+. The summed E-state index contributed by atoms with van der Waals surface area (Å²) >= 11 is 6.34. The zero-order valence-electron chi connectivity index (χ0n) is 11.4. The van der Waals surface area contributed by atoms with Crippen molar-refractivity contribution in [2.24, 2.45) is 5.73 Å². The van der Waals surface area contributed by atoms with Crippen LogP contribution in [0, 0.1) is 0 Å². The predicted octanol–water partition coefficient (Wildman–Crippen LogP) is 2.41. The molecule has 1 aromatic carbocycles. The number of thioether (sulfide) groups is 1. The Labute approximate surface area is 132 Å². The minimum atomic E-state index is -0.455. The SMILES string of the molecule is COc1ccc(/C=C2/SC(=O)N(CCC(N)=O)C2=S)cc1. The average molecular weight is 322 g/mol. The van der Waals surface area contributed by atoms with Crippen molar-refractivity contribution in [2.75, 3.05) is 13.7 Å². The number of benzene rings is 1. The lowest BCUT2D eigenvalue weighted by Gasteiger charge is -2.12. The molecule has 1 fully saturated rings. The van der Waals surface area contributed by atoms with Gasteiger partial charge < -0.3 is 10.5 Å². The molecule has 110 valence electrons. The van der Waals surface area contributed by atoms with Crippen molar-refractivity contribution in [3.05, 3.63) is 34.7 Å². The van der Waals surface area contributed by atoms with Crippen molar-refractivity contribution >= 4 is 46.2 Å². The number of nitrogens with two attached hydrogens (primary N) is 1. The average Bonchev–Trinajstić information content (AvgIpc) is 2.72. The summed E-state index contributed by atoms with van der Waals surface area (Å²) in [6, 6.07) is 7.43. The number of ether oxygens (including phenoxy) is 1. The highest BCUT2D eigenvalue weighted by Crippen LogP contribution is 2.33. The third kappa shape index (κ3) is 3.83. The van der Waals surface area contributed by atoms with E-state index in [9.17, 15) is 9.59 Å². The van der Waals surface area contributed by atoms with Gasteiger partial charge in [-0.05, 0) is 35.5 Å². The fourth-order valence-electron chi connectivity index (χ4n) is 1.77. The normalized spacial score (nSPS) is 16.6. The van der Waals surface area contributed by atoms with Gasteiger partial charge in [-0.15, -0.1) is 0 Å². The molecule has 2 rings (SSSR count). The second kappa shape index (κ2) is 6.73. The molecule has 0 bridgehead atoms. The summed E-state index contributed by atoms with van der Waals surface area (Å²) in [5.74, 6) is 0.307. The second-order valence-electron chi connectivity index (χ2n) is 4.32. The predicted molar refractivity (Wildman–Crippen MR) is 87.1 cm³/mol. The number of thiocarbonyl (C=S) groups is 1. The Hall–Kier alpha value is -1.86. The first-order chi connectivity index (χ1) is 10.0. The lowest BCUT2D eigenvalue weighted by Crippen LogP contribution is -2.30. The van der Waals surface area contributed by atoms with Crippen LogP contribution in [0.3, 0.4) is 0 Å². The van der Waals surface area contributed by atoms with Gasteiger partial charge in [0.05, 0.1) is 12.0 Å². The molecular formula is C14H14N2O3S2. The third-order valence-electron chi connectivity index (χ3n) is 2.87. The van der Waals surface area contributed by atoms with E-state index < -0.39 is 5.91 Å². The molecule has 1 heterocycles. The molecule has 2 amide bonds. The summed E-state index contributed by atoms with van der Waals surface area (Å²) in [4.78, 5) is 25.2. The number of primary amides is 1. The topological polar surface area (TPSA) is 72.6 Å². The highest BCUT2D eigenvalue weighted by molar-refractivity contribution is 8.19. The van der Waals surface area contributed by atoms with Gasteiger partial charge in [0.1, 0.15) is 10.7 Å². The van der Waals surface area contributed by atoms with Gasteiger partial charge in [0.2, 0.25) is 5.91 Å². The molecular weight excluding hydrogens is 308 g/mol. The molecule has 1 aliphatic heterocycles. The largest absolute Gasteiger partial charge is 0.497 e. The van der Waals surface area contributed by atoms with Crippen LogP contribution in [0.2, 0.25) is 0 Å². The fourth-order valence-corrected chi connectivity index (χ4v) is 3.06. The quantitative estimate of drug-likeness (QED) is 0.666. The molecule has 1 aromatic rings. The molecule has 2 N–H and O–H groups in total. The highest BCUT2D eigenvalue weighted by Gasteiger charge is 2.31. The van der Waals surface area contributed by atoms with Gasteiger partial charge in [0, 0.05) is 13.0 Å². The van der Waals surface area contributed by atoms with Crippen molar-refractivity contribution < 1.29 is 14.3 Å². The summed E-state index contributed by atoms with van der Waals surface area (Å²) in [5.41, 5.74) is 6.02. The van der Waals surface area contributed by atoms with Gasteiger partial charge in [0.25, 0.3) is 5.24 Å². The van der Waals surface area contributed by atoms with E-state index in [2.05, 4.69) is 0 Å². The van der Waals surface area contributed by atoms with Crippen LogP contribution in [-0.2, 0) is 4.79 Å². The van der Waals surface area contributed by atoms with Crippen molar-refractivity contribution in [2.45, 2.75) is 6.42 Å². The van der Waals surface area contributed by atoms with E-state index in [1.165, 1.54) is 4.90 Å². The van der Waals surface area contributed by atoms with Crippen LogP contribution in [0.5, 0.6) is 5.75 Å². The van der Waals surface area contributed by atoms with Crippen molar-refractivity contribution in [1.82, 2.24) is 4.90 Å². The van der Waals surface area contributed by atoms with E-state index in [1.54, 1.807) is 7.11 Å². The fraction of sp³-hybridized carbons (Fsp3) is 0.214. The maximum absolute atomic E-state index is 11.9. The first kappa shape index (κ1) is 15.5. The molecule has 7 heteroatoms. The van der Waals surface area contributed by atoms with Gasteiger partial charge in [-0.3, -0.25) is 14.5 Å². The van der Waals surface area contributed by atoms with Gasteiger partial charge in [-0.2, -0.15) is 0 Å². The summed E-state index contributed by atoms with van der Waals surface area (Å²) in [6.45, 7) is 0.222. The van der Waals surface area contributed by atoms with E-state index in [-0.39, 0.29) is 18.2 Å². The Morgan fingerprint density at radius 1 is 1.43 bits per heavy atom. The Balaban J connectivity index is 2.13. The molecule has 1 saturated heterocycles. The lowest BCUT2D eigenvalue weighted by atomic mass is 10.2. The number of methoxy groups -OCH3 is 1. The van der Waals surface area contributed by atoms with Crippen molar-refractivity contribution in [3.63, 3.8) is 0 Å². The molecule has 0 saturated carbocycles. The molecule has 0 atom stereocenters. The maximum atomic E-state index is 11.9. The Kier molecular flexibility index (Phi) is 4.98. The van der Waals surface area contributed by atoms with Crippen LogP contribution >= 0.6 is 24.0 Å². The van der Waals surface area contributed by atoms with Crippen molar-refractivity contribution in [1.29, 1.82) is 0 Å². The van der Waals surface area contributed by atoms with Gasteiger partial charge in [-0.25, -0.2) is 0 Å². The minimum absolute atomic E-state index is 0.0995. The number of hydrogen-bond donors (Lipinski definition) is 1. The summed E-state index contributed by atoms with van der Waals surface area (Å²) in [7, 11) is 1.60. The molecule has 0 aliphatic carbocycles. The first-order valence-corrected chi connectivity index (χ1v) is 7.41. The maximum Gasteiger partial charge on any atom is 0.291 e. The summed E-state index contributed by atoms with van der Waals surface area (Å²) in [5, 5.41) is -0.180. The molecule has 0 radical (unpaired) electrons. The Morgan fingerprint density at radius 3 is 2.67 bits per heavy atom. The van der Waals surface area contributed by atoms with Crippen LogP contribution in [0.15, 0.2) is 29.2 Å². The number of amides is 2. The van der Waals surface area contributed by atoms with E-state index in [0.717, 1.165) is 23.1 Å². The van der Waals surface area contributed by atoms with Gasteiger partial charge in [0.15, 0.2) is 0 Å². The van der Waals surface area contributed by atoms with Gasteiger partial charge >= 0.3 is 0 Å². The molecule has 0 spiro atoms. The Bertz CT molecular complexity index is 611. The second-order valence-corrected chi connectivity index (χ2v) is 5.70. The number of hydrogen-bond acceptors (Lipinski definition) is 5. The molecule has 5 nitrogen and oxygen atoms in total. The Morgan fingerprint density at radius 2 is 2.10 bits per heavy atom. The number of carbonyl (C=O) groups excluding carboxylic acids is 2. The van der Waals surface area contributed by atoms with E-state index >= 15 is 0 Å². The van der Waals surface area contributed by atoms with Crippen LogP contribution < -0.4 is 10.5 Å². The summed E-state index contributed by atoms with van der Waals surface area (Å²) in [6.07, 6.45) is 1.94. The third-order valence-corrected chi connectivity index (χ3v) is 4.36. The molecule has 1 aliphatic rings. The molecule has 0 unspecified atom stereocenters. The minimum Gasteiger partial charge on any atom is -0.497 e. The smallest absolute Gasteiger partial charge is 0.291 e. The van der Waals surface area contributed by atoms with E-state index in [1.807, 2.05) is 30.3 Å². The lowest BCUT2D eigenvalue weighted by molar-refractivity contribution is -0.118. The van der Waals surface area contributed by atoms with Crippen LogP contribution in [0.4, 0.5) is 4.79 Å². The molecule has 21 heavy (non-hydrogen) atoms. The van der Waals surface area contributed by atoms with E-state index in [0.29, 0.717) is 9.89 Å². The number of nitrogens with zero attached hydrogens (tertiary/aromatic N) is 1. The van der Waals surface area contributed by atoms with Crippen LogP contribution in [0.25, 0.3) is 6.08 Å². The van der Waals surface area contributed by atoms with Crippen LogP contribution in [0.1, 0.15) is 12.0 Å². The van der Waals surface area contributed by atoms with Crippen molar-refractivity contribution in [3.8, 4) is 5.75 Å². The first-order valence-electron chi connectivity index (χ1n) is 6.19. The zero-order valence-corrected chi connectivity index (χ0v) is 13.0. The van der Waals surface area contributed by atoms with E-state index in [4.69, 9.17) is 22.7 Å².